The zero-order valence-corrected chi connectivity index (χ0v) is 9.79. The number of rotatable bonds is 5. The van der Waals surface area contributed by atoms with Gasteiger partial charge in [0.1, 0.15) is 5.03 Å². The van der Waals surface area contributed by atoms with Crippen LogP contribution in [0, 0.1) is 0 Å². The molecule has 1 heterocycles. The summed E-state index contributed by atoms with van der Waals surface area (Å²) < 4.78 is 1.71. The molecule has 0 saturated carbocycles. The first-order valence-corrected chi connectivity index (χ1v) is 5.81. The molecule has 1 aromatic rings. The Morgan fingerprint density at radius 3 is 2.73 bits per heavy atom. The molecule has 0 bridgehead atoms. The van der Waals surface area contributed by atoms with Gasteiger partial charge in [0.05, 0.1) is 24.1 Å². The number of nitrogen functional groups attached to an aromatic ring is 1. The average molecular weight is 231 g/mol. The van der Waals surface area contributed by atoms with Gasteiger partial charge >= 0.3 is 0 Å². The third kappa shape index (κ3) is 2.87. The van der Waals surface area contributed by atoms with Gasteiger partial charge in [0.15, 0.2) is 0 Å². The summed E-state index contributed by atoms with van der Waals surface area (Å²) in [6.07, 6.45) is 0.0809. The lowest BCUT2D eigenvalue weighted by Gasteiger charge is -2.07. The van der Waals surface area contributed by atoms with Crippen molar-refractivity contribution in [1.82, 2.24) is 9.78 Å². The van der Waals surface area contributed by atoms with Crippen LogP contribution in [0.1, 0.15) is 12.6 Å². The number of thioether (sulfide) groups is 1. The highest BCUT2D eigenvalue weighted by Gasteiger charge is 2.13. The Morgan fingerprint density at radius 1 is 1.60 bits per heavy atom. The van der Waals surface area contributed by atoms with Crippen LogP contribution in [0.5, 0.6) is 0 Å². The van der Waals surface area contributed by atoms with Gasteiger partial charge in [0, 0.05) is 12.8 Å². The topological polar surface area (TPSA) is 84.3 Å². The van der Waals surface area contributed by atoms with E-state index in [9.17, 15) is 5.11 Å². The van der Waals surface area contributed by atoms with E-state index in [1.54, 1.807) is 4.68 Å². The summed E-state index contributed by atoms with van der Waals surface area (Å²) in [5.41, 5.74) is 7.44. The lowest BCUT2D eigenvalue weighted by atomic mass is 10.3. The molecule has 0 amide bonds. The average Bonchev–Trinajstić information content (AvgIpc) is 2.51. The normalized spacial score (nSPS) is 13.1. The van der Waals surface area contributed by atoms with Crippen LogP contribution in [-0.4, -0.2) is 38.5 Å². The number of nitrogens with zero attached hydrogens (tertiary/aromatic N) is 2. The first-order valence-electron chi connectivity index (χ1n) is 4.83. The molecule has 1 unspecified atom stereocenters. The van der Waals surface area contributed by atoms with Crippen molar-refractivity contribution in [2.24, 2.45) is 7.05 Å². The molecule has 0 fully saturated rings. The fraction of sp³-hybridized carbons (Fsp3) is 0.667. The van der Waals surface area contributed by atoms with Crippen LogP contribution < -0.4 is 5.73 Å². The zero-order valence-electron chi connectivity index (χ0n) is 8.97. The lowest BCUT2D eigenvalue weighted by molar-refractivity contribution is 0.113. The number of nitrogens with two attached hydrogens (primary N) is 1. The smallest absolute Gasteiger partial charge is 0.117 e. The second-order valence-corrected chi connectivity index (χ2v) is 4.30. The van der Waals surface area contributed by atoms with Gasteiger partial charge in [0.2, 0.25) is 0 Å². The van der Waals surface area contributed by atoms with Crippen LogP contribution >= 0.6 is 11.8 Å². The molecule has 0 spiro atoms. The van der Waals surface area contributed by atoms with E-state index in [0.29, 0.717) is 11.4 Å². The summed E-state index contributed by atoms with van der Waals surface area (Å²) in [7, 11) is 1.82. The number of anilines is 1. The molecular formula is C9H17N3O2S. The fourth-order valence-electron chi connectivity index (χ4n) is 1.24. The third-order valence-electron chi connectivity index (χ3n) is 2.06. The Hall–Kier alpha value is -0.720. The minimum atomic E-state index is -0.714. The van der Waals surface area contributed by atoms with Crippen LogP contribution in [0.2, 0.25) is 0 Å². The number of aliphatic hydroxyl groups excluding tert-OH is 2. The van der Waals surface area contributed by atoms with Gasteiger partial charge < -0.3 is 15.9 Å². The predicted octanol–water partition coefficient (Wildman–Crippen LogP) is 0.0100. The van der Waals surface area contributed by atoms with E-state index in [-0.39, 0.29) is 6.61 Å². The maximum Gasteiger partial charge on any atom is 0.117 e. The summed E-state index contributed by atoms with van der Waals surface area (Å²) in [4.78, 5) is 0. The summed E-state index contributed by atoms with van der Waals surface area (Å²) >= 11 is 1.41. The largest absolute Gasteiger partial charge is 0.395 e. The standard InChI is InChI=1S/C9H17N3O2S/c1-3-7-8(10)9(12(2)11-7)15-5-6(14)4-13/h6,13-14H,3-5,10H2,1-2H3. The molecule has 1 atom stereocenters. The van der Waals surface area contributed by atoms with Crippen LogP contribution in [0.15, 0.2) is 5.03 Å². The van der Waals surface area contributed by atoms with Crippen LogP contribution in [-0.2, 0) is 13.5 Å². The van der Waals surface area contributed by atoms with Crippen molar-refractivity contribution in [1.29, 1.82) is 0 Å². The molecule has 5 nitrogen and oxygen atoms in total. The molecule has 6 heteroatoms. The van der Waals surface area contributed by atoms with E-state index >= 15 is 0 Å². The van der Waals surface area contributed by atoms with Crippen LogP contribution in [0.25, 0.3) is 0 Å². The molecule has 0 aliphatic heterocycles. The molecule has 86 valence electrons. The fourth-order valence-corrected chi connectivity index (χ4v) is 2.19. The highest BCUT2D eigenvalue weighted by atomic mass is 32.2. The van der Waals surface area contributed by atoms with Crippen molar-refractivity contribution in [3.05, 3.63) is 5.69 Å². The first-order chi connectivity index (χ1) is 7.10. The Bertz CT molecular complexity index is 327. The summed E-state index contributed by atoms with van der Waals surface area (Å²) in [5, 5.41) is 23.0. The number of hydrogen-bond donors (Lipinski definition) is 3. The second-order valence-electron chi connectivity index (χ2n) is 3.29. The van der Waals surface area contributed by atoms with Gasteiger partial charge in [-0.05, 0) is 6.42 Å². The predicted molar refractivity (Wildman–Crippen MR) is 60.8 cm³/mol. The van der Waals surface area contributed by atoms with Gasteiger partial charge in [-0.15, -0.1) is 11.8 Å². The highest BCUT2D eigenvalue weighted by molar-refractivity contribution is 7.99. The Balaban J connectivity index is 2.72. The van der Waals surface area contributed by atoms with Gasteiger partial charge in [-0.3, -0.25) is 4.68 Å². The van der Waals surface area contributed by atoms with E-state index in [0.717, 1.165) is 17.1 Å². The summed E-state index contributed by atoms with van der Waals surface area (Å²) in [5.74, 6) is 0.420. The van der Waals surface area contributed by atoms with Crippen LogP contribution in [0.3, 0.4) is 0 Å². The van der Waals surface area contributed by atoms with Crippen molar-refractivity contribution in [2.75, 3.05) is 18.1 Å². The number of aromatic nitrogens is 2. The number of aliphatic hydroxyl groups is 2. The minimum absolute atomic E-state index is 0.231. The minimum Gasteiger partial charge on any atom is -0.395 e. The van der Waals surface area contributed by atoms with Crippen molar-refractivity contribution in [2.45, 2.75) is 24.5 Å². The molecule has 1 aromatic heterocycles. The van der Waals surface area contributed by atoms with Gasteiger partial charge in [-0.1, -0.05) is 6.92 Å². The maximum absolute atomic E-state index is 9.22. The van der Waals surface area contributed by atoms with Gasteiger partial charge in [-0.25, -0.2) is 0 Å². The van der Waals surface area contributed by atoms with E-state index < -0.39 is 6.10 Å². The second kappa shape index (κ2) is 5.39. The van der Waals surface area contributed by atoms with Gasteiger partial charge in [-0.2, -0.15) is 5.10 Å². The Labute approximate surface area is 93.3 Å². The van der Waals surface area contributed by atoms with Crippen molar-refractivity contribution < 1.29 is 10.2 Å². The van der Waals surface area contributed by atoms with Crippen molar-refractivity contribution in [3.63, 3.8) is 0 Å². The molecule has 0 aromatic carbocycles. The quantitative estimate of drug-likeness (QED) is 0.622. The van der Waals surface area contributed by atoms with Gasteiger partial charge in [0.25, 0.3) is 0 Å². The SMILES string of the molecule is CCc1nn(C)c(SCC(O)CO)c1N. The summed E-state index contributed by atoms with van der Waals surface area (Å²) in [6.45, 7) is 1.76. The van der Waals surface area contributed by atoms with E-state index in [1.165, 1.54) is 11.8 Å². The Kier molecular flexibility index (Phi) is 4.44. The molecule has 4 N–H and O–H groups in total. The van der Waals surface area contributed by atoms with Crippen molar-refractivity contribution in [3.8, 4) is 0 Å². The molecule has 0 aliphatic carbocycles. The monoisotopic (exact) mass is 231 g/mol. The van der Waals surface area contributed by atoms with Crippen molar-refractivity contribution >= 4 is 17.4 Å². The molecule has 15 heavy (non-hydrogen) atoms. The molecule has 1 rings (SSSR count). The Morgan fingerprint density at radius 2 is 2.27 bits per heavy atom. The third-order valence-corrected chi connectivity index (χ3v) is 3.37. The van der Waals surface area contributed by atoms with E-state index in [4.69, 9.17) is 10.8 Å². The molecule has 0 saturated heterocycles. The molecule has 0 radical (unpaired) electrons. The lowest BCUT2D eigenvalue weighted by Crippen LogP contribution is -2.15. The molecule has 0 aliphatic rings. The first kappa shape index (κ1) is 12.4. The van der Waals surface area contributed by atoms with E-state index in [1.807, 2.05) is 14.0 Å². The highest BCUT2D eigenvalue weighted by Crippen LogP contribution is 2.27. The summed E-state index contributed by atoms with van der Waals surface area (Å²) in [6, 6.07) is 0. The number of hydrogen-bond acceptors (Lipinski definition) is 5. The maximum atomic E-state index is 9.22. The zero-order chi connectivity index (χ0) is 11.4. The van der Waals surface area contributed by atoms with E-state index in [2.05, 4.69) is 5.10 Å². The van der Waals surface area contributed by atoms with Crippen LogP contribution in [0.4, 0.5) is 5.69 Å². The number of aryl methyl sites for hydroxylation is 2. The molecular weight excluding hydrogens is 214 g/mol.